The Hall–Kier alpha value is -1.28. The van der Waals surface area contributed by atoms with Gasteiger partial charge in [0, 0.05) is 29.3 Å². The van der Waals surface area contributed by atoms with E-state index in [0.717, 1.165) is 43.5 Å². The molecule has 0 aliphatic heterocycles. The van der Waals surface area contributed by atoms with Crippen LogP contribution in [0.25, 0.3) is 0 Å². The largest absolute Gasteiger partial charge is 0.396 e. The molecule has 30 heavy (non-hydrogen) atoms. The first-order chi connectivity index (χ1) is 14.4. The van der Waals surface area contributed by atoms with E-state index in [4.69, 9.17) is 5.73 Å². The highest BCUT2D eigenvalue weighted by Gasteiger charge is 2.64. The number of rotatable bonds is 4. The number of fused-ring (bicyclic) bond motifs is 2. The first-order valence-electron chi connectivity index (χ1n) is 11.3. The summed E-state index contributed by atoms with van der Waals surface area (Å²) in [6.07, 6.45) is 9.30. The van der Waals surface area contributed by atoms with Crippen molar-refractivity contribution < 1.29 is 10.2 Å². The summed E-state index contributed by atoms with van der Waals surface area (Å²) < 4.78 is 0. The van der Waals surface area contributed by atoms with Gasteiger partial charge in [0.15, 0.2) is 0 Å². The van der Waals surface area contributed by atoms with Crippen molar-refractivity contribution in [3.8, 4) is 0 Å². The quantitative estimate of drug-likeness (QED) is 0.596. The number of hydrogen-bond acceptors (Lipinski definition) is 6. The number of aromatic nitrogens is 3. The van der Waals surface area contributed by atoms with Crippen LogP contribution in [0.4, 0.5) is 0 Å². The van der Waals surface area contributed by atoms with Gasteiger partial charge in [0.2, 0.25) is 0 Å². The second-order valence-electron chi connectivity index (χ2n) is 10.4. The van der Waals surface area contributed by atoms with Gasteiger partial charge in [-0.25, -0.2) is 4.98 Å². The molecule has 7 heteroatoms. The molecule has 5 rings (SSSR count). The second kappa shape index (κ2) is 7.12. The summed E-state index contributed by atoms with van der Waals surface area (Å²) in [4.78, 5) is 4.52. The van der Waals surface area contributed by atoms with Crippen LogP contribution in [0.15, 0.2) is 17.8 Å². The van der Waals surface area contributed by atoms with Crippen LogP contribution in [0.5, 0.6) is 0 Å². The number of nitrogens with zero attached hydrogens (tertiary/aromatic N) is 2. The van der Waals surface area contributed by atoms with E-state index in [0.29, 0.717) is 24.3 Å². The van der Waals surface area contributed by atoms with E-state index in [9.17, 15) is 10.2 Å². The summed E-state index contributed by atoms with van der Waals surface area (Å²) in [5, 5.41) is 32.4. The van der Waals surface area contributed by atoms with Crippen molar-refractivity contribution in [2.45, 2.75) is 58.0 Å². The lowest BCUT2D eigenvalue weighted by atomic mass is 9.48. The topological polar surface area (TPSA) is 108 Å². The number of H-pyrrole nitrogens is 1. The fourth-order valence-corrected chi connectivity index (χ4v) is 8.54. The minimum Gasteiger partial charge on any atom is -0.396 e. The average molecular weight is 431 g/mol. The van der Waals surface area contributed by atoms with E-state index in [1.165, 1.54) is 11.3 Å². The van der Waals surface area contributed by atoms with Crippen LogP contribution in [0.3, 0.4) is 0 Å². The summed E-state index contributed by atoms with van der Waals surface area (Å²) in [5.74, 6) is 1.34. The van der Waals surface area contributed by atoms with Gasteiger partial charge < -0.3 is 15.9 Å². The molecule has 0 saturated heterocycles. The molecule has 0 unspecified atom stereocenters. The zero-order valence-corrected chi connectivity index (χ0v) is 18.8. The predicted octanol–water partition coefficient (Wildman–Crippen LogP) is 2.87. The minimum absolute atomic E-state index is 0.0150. The Morgan fingerprint density at radius 1 is 1.27 bits per heavy atom. The van der Waals surface area contributed by atoms with E-state index in [2.05, 4.69) is 29.0 Å². The summed E-state index contributed by atoms with van der Waals surface area (Å²) in [6.45, 7) is 5.45. The van der Waals surface area contributed by atoms with Gasteiger partial charge in [-0.15, -0.1) is 11.3 Å². The SMILES string of the molecule is C[C@]1([C@H]2CC[C@@]3(C)[C@@H](CC[C@@]3(O)c3nccs3)[C@@H]2CN)Cc2cn[nH]c2C[C@@H]1CO. The molecular formula is C23H34N4O2S. The average Bonchev–Trinajstić information content (AvgIpc) is 3.47. The standard InChI is InChI=1S/C23H34N4O2S/c1-21(10-14-12-26-27-19(14)9-15(21)13-28)17-3-5-22(2)18(16(17)11-24)4-6-23(22,29)20-25-7-8-30-20/h7-8,12,15-18,28-29H,3-6,9-11,13,24H2,1-2H3,(H,26,27)/t15-,16-,17+,18+,21+,22+,23-/m1/s1. The maximum absolute atomic E-state index is 11.8. The lowest BCUT2D eigenvalue weighted by molar-refractivity contribution is -0.135. The molecule has 2 fully saturated rings. The van der Waals surface area contributed by atoms with E-state index >= 15 is 0 Å². The molecule has 2 heterocycles. The van der Waals surface area contributed by atoms with Crippen molar-refractivity contribution in [1.29, 1.82) is 0 Å². The number of nitrogens with two attached hydrogens (primary N) is 1. The number of aliphatic hydroxyl groups excluding tert-OH is 1. The molecule has 6 nitrogen and oxygen atoms in total. The van der Waals surface area contributed by atoms with Gasteiger partial charge in [-0.3, -0.25) is 5.10 Å². The Labute approximate surface area is 182 Å². The molecule has 164 valence electrons. The molecule has 0 radical (unpaired) electrons. The van der Waals surface area contributed by atoms with Gasteiger partial charge in [0.25, 0.3) is 0 Å². The Morgan fingerprint density at radius 3 is 2.77 bits per heavy atom. The highest BCUT2D eigenvalue weighted by molar-refractivity contribution is 7.09. The number of aromatic amines is 1. The maximum atomic E-state index is 11.8. The summed E-state index contributed by atoms with van der Waals surface area (Å²) in [6, 6.07) is 0. The van der Waals surface area contributed by atoms with Crippen LogP contribution in [-0.2, 0) is 18.4 Å². The van der Waals surface area contributed by atoms with Gasteiger partial charge in [-0.1, -0.05) is 13.8 Å². The van der Waals surface area contributed by atoms with Gasteiger partial charge >= 0.3 is 0 Å². The Bertz CT molecular complexity index is 901. The van der Waals surface area contributed by atoms with E-state index in [1.54, 1.807) is 17.5 Å². The van der Waals surface area contributed by atoms with Gasteiger partial charge in [0.1, 0.15) is 10.6 Å². The number of hydrogen-bond donors (Lipinski definition) is 4. The van der Waals surface area contributed by atoms with Crippen LogP contribution in [-0.4, -0.2) is 38.5 Å². The minimum atomic E-state index is -0.855. The van der Waals surface area contributed by atoms with E-state index in [-0.39, 0.29) is 23.4 Å². The lowest BCUT2D eigenvalue weighted by Gasteiger charge is -2.57. The molecule has 0 amide bonds. The van der Waals surface area contributed by atoms with Crippen LogP contribution in [0.1, 0.15) is 55.8 Å². The van der Waals surface area contributed by atoms with Crippen molar-refractivity contribution in [2.75, 3.05) is 13.2 Å². The number of nitrogens with one attached hydrogen (secondary N) is 1. The van der Waals surface area contributed by atoms with E-state index in [1.807, 2.05) is 11.6 Å². The normalized spacial score (nSPS) is 43.4. The Morgan fingerprint density at radius 2 is 2.07 bits per heavy atom. The van der Waals surface area contributed by atoms with Crippen LogP contribution in [0, 0.1) is 34.5 Å². The highest BCUT2D eigenvalue weighted by atomic mass is 32.1. The molecule has 7 atom stereocenters. The third kappa shape index (κ3) is 2.65. The zero-order chi connectivity index (χ0) is 21.1. The van der Waals surface area contributed by atoms with Crippen LogP contribution in [0.2, 0.25) is 0 Å². The monoisotopic (exact) mass is 430 g/mol. The highest BCUT2D eigenvalue weighted by Crippen LogP contribution is 2.67. The lowest BCUT2D eigenvalue weighted by Crippen LogP contribution is -2.56. The molecule has 2 saturated carbocycles. The molecule has 0 bridgehead atoms. The summed E-state index contributed by atoms with van der Waals surface area (Å²) in [5.41, 5.74) is 7.86. The summed E-state index contributed by atoms with van der Waals surface area (Å²) in [7, 11) is 0. The van der Waals surface area contributed by atoms with Gasteiger partial charge in [0.05, 0.1) is 6.20 Å². The molecular weight excluding hydrogens is 396 g/mol. The molecule has 2 aromatic heterocycles. The number of aliphatic hydroxyl groups is 2. The van der Waals surface area contributed by atoms with Crippen LogP contribution >= 0.6 is 11.3 Å². The first kappa shape index (κ1) is 20.6. The van der Waals surface area contributed by atoms with Crippen molar-refractivity contribution in [1.82, 2.24) is 15.2 Å². The smallest absolute Gasteiger partial charge is 0.125 e. The predicted molar refractivity (Wildman–Crippen MR) is 117 cm³/mol. The second-order valence-corrected chi connectivity index (χ2v) is 11.3. The van der Waals surface area contributed by atoms with Crippen molar-refractivity contribution >= 4 is 11.3 Å². The molecule has 5 N–H and O–H groups in total. The molecule has 0 spiro atoms. The van der Waals surface area contributed by atoms with Gasteiger partial charge in [-0.2, -0.15) is 5.10 Å². The third-order valence-electron chi connectivity index (χ3n) is 9.48. The van der Waals surface area contributed by atoms with Gasteiger partial charge in [-0.05, 0) is 79.7 Å². The maximum Gasteiger partial charge on any atom is 0.125 e. The molecule has 3 aliphatic rings. The van der Waals surface area contributed by atoms with E-state index < -0.39 is 5.60 Å². The zero-order valence-electron chi connectivity index (χ0n) is 18.0. The van der Waals surface area contributed by atoms with Crippen molar-refractivity contribution in [3.05, 3.63) is 34.0 Å². The summed E-state index contributed by atoms with van der Waals surface area (Å²) >= 11 is 1.57. The third-order valence-corrected chi connectivity index (χ3v) is 10.4. The molecule has 3 aliphatic carbocycles. The van der Waals surface area contributed by atoms with Crippen molar-refractivity contribution in [2.24, 2.45) is 40.2 Å². The Kier molecular flexibility index (Phi) is 4.89. The Balaban J connectivity index is 1.50. The van der Waals surface area contributed by atoms with Crippen LogP contribution < -0.4 is 5.73 Å². The molecule has 2 aromatic rings. The van der Waals surface area contributed by atoms with Crippen molar-refractivity contribution in [3.63, 3.8) is 0 Å². The first-order valence-corrected chi connectivity index (χ1v) is 12.2. The number of thiazole rings is 1. The fraction of sp³-hybridized carbons (Fsp3) is 0.739. The fourth-order valence-electron chi connectivity index (χ4n) is 7.64. The molecule has 0 aromatic carbocycles.